The van der Waals surface area contributed by atoms with Gasteiger partial charge in [-0.25, -0.2) is 0 Å². The van der Waals surface area contributed by atoms with Crippen molar-refractivity contribution < 1.29 is 9.90 Å². The van der Waals surface area contributed by atoms with Crippen LogP contribution in [0.25, 0.3) is 0 Å². The van der Waals surface area contributed by atoms with E-state index in [1.165, 1.54) is 0 Å². The number of amides is 1. The van der Waals surface area contributed by atoms with Crippen LogP contribution >= 0.6 is 0 Å². The lowest BCUT2D eigenvalue weighted by Gasteiger charge is -2.24. The fourth-order valence-corrected chi connectivity index (χ4v) is 1.72. The molecule has 1 heterocycles. The Bertz CT molecular complexity index is 504. The van der Waals surface area contributed by atoms with Gasteiger partial charge in [0.25, 0.3) is 5.91 Å². The third-order valence-electron chi connectivity index (χ3n) is 2.85. The Morgan fingerprint density at radius 2 is 2.06 bits per heavy atom. The lowest BCUT2D eigenvalue weighted by Crippen LogP contribution is -2.38. The molecule has 0 saturated carbocycles. The van der Waals surface area contributed by atoms with Crippen molar-refractivity contribution in [3.8, 4) is 0 Å². The number of hydrogen-bond acceptors (Lipinski definition) is 2. The van der Waals surface area contributed by atoms with Crippen LogP contribution in [0.5, 0.6) is 0 Å². The molecule has 0 spiro atoms. The van der Waals surface area contributed by atoms with Crippen molar-refractivity contribution in [2.24, 2.45) is 0 Å². The number of aromatic nitrogens is 1. The third-order valence-corrected chi connectivity index (χ3v) is 2.85. The Balaban J connectivity index is 1.99. The minimum absolute atomic E-state index is 0.168. The lowest BCUT2D eigenvalue weighted by molar-refractivity contribution is 0.0526. The van der Waals surface area contributed by atoms with Gasteiger partial charge in [0.1, 0.15) is 5.60 Å². The second-order valence-electron chi connectivity index (χ2n) is 4.42. The molecule has 4 nitrogen and oxygen atoms in total. The SMILES string of the molecule is CC(O)(CNC(=O)c1cc[nH]c1)c1ccccc1. The van der Waals surface area contributed by atoms with Crippen molar-refractivity contribution >= 4 is 5.91 Å². The predicted molar refractivity (Wildman–Crippen MR) is 69.1 cm³/mol. The van der Waals surface area contributed by atoms with E-state index in [4.69, 9.17) is 0 Å². The van der Waals surface area contributed by atoms with Gasteiger partial charge >= 0.3 is 0 Å². The molecular weight excluding hydrogens is 228 g/mol. The number of aromatic amines is 1. The van der Waals surface area contributed by atoms with Crippen molar-refractivity contribution in [1.29, 1.82) is 0 Å². The fraction of sp³-hybridized carbons (Fsp3) is 0.214. The van der Waals surface area contributed by atoms with Gasteiger partial charge in [0.05, 0.1) is 12.1 Å². The maximum atomic E-state index is 11.7. The van der Waals surface area contributed by atoms with Crippen LogP contribution < -0.4 is 5.32 Å². The van der Waals surface area contributed by atoms with Crippen molar-refractivity contribution in [2.75, 3.05) is 6.54 Å². The Hall–Kier alpha value is -2.07. The molecule has 0 radical (unpaired) electrons. The van der Waals surface area contributed by atoms with E-state index in [9.17, 15) is 9.90 Å². The van der Waals surface area contributed by atoms with Gasteiger partial charge in [0, 0.05) is 12.4 Å². The van der Waals surface area contributed by atoms with Crippen molar-refractivity contribution in [2.45, 2.75) is 12.5 Å². The van der Waals surface area contributed by atoms with Crippen LogP contribution in [0.1, 0.15) is 22.8 Å². The highest BCUT2D eigenvalue weighted by Crippen LogP contribution is 2.19. The first-order valence-corrected chi connectivity index (χ1v) is 5.78. The van der Waals surface area contributed by atoms with E-state index in [0.29, 0.717) is 5.56 Å². The van der Waals surface area contributed by atoms with E-state index in [-0.39, 0.29) is 12.5 Å². The zero-order valence-electron chi connectivity index (χ0n) is 10.2. The highest BCUT2D eigenvalue weighted by molar-refractivity contribution is 5.93. The molecule has 2 rings (SSSR count). The predicted octanol–water partition coefficient (Wildman–Crippen LogP) is 1.65. The first-order valence-electron chi connectivity index (χ1n) is 5.78. The average molecular weight is 244 g/mol. The zero-order chi connectivity index (χ0) is 13.0. The largest absolute Gasteiger partial charge is 0.384 e. The van der Waals surface area contributed by atoms with E-state index >= 15 is 0 Å². The van der Waals surface area contributed by atoms with E-state index < -0.39 is 5.60 Å². The molecule has 3 N–H and O–H groups in total. The quantitative estimate of drug-likeness (QED) is 0.765. The summed E-state index contributed by atoms with van der Waals surface area (Å²) in [6.07, 6.45) is 3.30. The Kier molecular flexibility index (Phi) is 3.48. The van der Waals surface area contributed by atoms with Gasteiger partial charge in [-0.2, -0.15) is 0 Å². The molecule has 2 aromatic rings. The lowest BCUT2D eigenvalue weighted by atomic mass is 9.96. The molecule has 4 heteroatoms. The summed E-state index contributed by atoms with van der Waals surface area (Å²) >= 11 is 0. The number of aliphatic hydroxyl groups is 1. The monoisotopic (exact) mass is 244 g/mol. The Labute approximate surface area is 106 Å². The summed E-state index contributed by atoms with van der Waals surface area (Å²) in [7, 11) is 0. The summed E-state index contributed by atoms with van der Waals surface area (Å²) in [5.41, 5.74) is 0.256. The molecular formula is C14H16N2O2. The normalized spacial score (nSPS) is 13.9. The topological polar surface area (TPSA) is 65.1 Å². The van der Waals surface area contributed by atoms with Crippen LogP contribution in [0.15, 0.2) is 48.8 Å². The number of carbonyl (C=O) groups is 1. The molecule has 1 aromatic heterocycles. The molecule has 1 amide bonds. The van der Waals surface area contributed by atoms with Crippen molar-refractivity contribution in [3.63, 3.8) is 0 Å². The standard InChI is InChI=1S/C14H16N2O2/c1-14(18,12-5-3-2-4-6-12)10-16-13(17)11-7-8-15-9-11/h2-9,15,18H,10H2,1H3,(H,16,17). The van der Waals surface area contributed by atoms with Crippen LogP contribution in [0.4, 0.5) is 0 Å². The highest BCUT2D eigenvalue weighted by atomic mass is 16.3. The molecule has 1 atom stereocenters. The van der Waals surface area contributed by atoms with Crippen LogP contribution in [0.3, 0.4) is 0 Å². The summed E-state index contributed by atoms with van der Waals surface area (Å²) < 4.78 is 0. The first kappa shape index (κ1) is 12.4. The number of carbonyl (C=O) groups excluding carboxylic acids is 1. The van der Waals surface area contributed by atoms with Crippen LogP contribution in [0.2, 0.25) is 0 Å². The highest BCUT2D eigenvalue weighted by Gasteiger charge is 2.23. The van der Waals surface area contributed by atoms with E-state index in [2.05, 4.69) is 10.3 Å². The summed E-state index contributed by atoms with van der Waals surface area (Å²) in [4.78, 5) is 14.6. The maximum absolute atomic E-state index is 11.7. The average Bonchev–Trinajstić information content (AvgIpc) is 2.91. The van der Waals surface area contributed by atoms with Crippen LogP contribution in [-0.4, -0.2) is 22.5 Å². The first-order chi connectivity index (χ1) is 8.59. The van der Waals surface area contributed by atoms with Crippen molar-refractivity contribution in [3.05, 3.63) is 59.9 Å². The Morgan fingerprint density at radius 1 is 1.33 bits per heavy atom. The van der Waals surface area contributed by atoms with Gasteiger partial charge < -0.3 is 15.4 Å². The molecule has 0 aliphatic carbocycles. The molecule has 1 unspecified atom stereocenters. The van der Waals surface area contributed by atoms with Gasteiger partial charge in [0.2, 0.25) is 0 Å². The van der Waals surface area contributed by atoms with Crippen LogP contribution in [0, 0.1) is 0 Å². The van der Waals surface area contributed by atoms with Crippen molar-refractivity contribution in [1.82, 2.24) is 10.3 Å². The number of rotatable bonds is 4. The fourth-order valence-electron chi connectivity index (χ4n) is 1.72. The minimum Gasteiger partial charge on any atom is -0.384 e. The number of nitrogens with one attached hydrogen (secondary N) is 2. The van der Waals surface area contributed by atoms with Gasteiger partial charge in [-0.15, -0.1) is 0 Å². The molecule has 0 bridgehead atoms. The Morgan fingerprint density at radius 3 is 2.67 bits per heavy atom. The summed E-state index contributed by atoms with van der Waals surface area (Å²) in [5, 5.41) is 13.0. The molecule has 94 valence electrons. The molecule has 0 saturated heterocycles. The minimum atomic E-state index is -1.08. The molecule has 0 aliphatic rings. The van der Waals surface area contributed by atoms with Gasteiger partial charge in [-0.1, -0.05) is 30.3 Å². The van der Waals surface area contributed by atoms with Crippen LogP contribution in [-0.2, 0) is 5.60 Å². The molecule has 18 heavy (non-hydrogen) atoms. The second-order valence-corrected chi connectivity index (χ2v) is 4.42. The summed E-state index contributed by atoms with van der Waals surface area (Å²) in [6, 6.07) is 11.0. The second kappa shape index (κ2) is 5.06. The van der Waals surface area contributed by atoms with Gasteiger partial charge in [0.15, 0.2) is 0 Å². The smallest absolute Gasteiger partial charge is 0.252 e. The summed E-state index contributed by atoms with van der Waals surface area (Å²) in [6.45, 7) is 1.85. The number of benzene rings is 1. The van der Waals surface area contributed by atoms with Gasteiger partial charge in [-0.05, 0) is 18.6 Å². The van der Waals surface area contributed by atoms with E-state index in [1.54, 1.807) is 25.4 Å². The number of H-pyrrole nitrogens is 1. The number of hydrogen-bond donors (Lipinski definition) is 3. The molecule has 0 aliphatic heterocycles. The maximum Gasteiger partial charge on any atom is 0.252 e. The van der Waals surface area contributed by atoms with Gasteiger partial charge in [-0.3, -0.25) is 4.79 Å². The summed E-state index contributed by atoms with van der Waals surface area (Å²) in [5.74, 6) is -0.201. The zero-order valence-corrected chi connectivity index (χ0v) is 10.2. The molecule has 1 aromatic carbocycles. The van der Waals surface area contributed by atoms with E-state index in [0.717, 1.165) is 5.56 Å². The molecule has 0 fully saturated rings. The van der Waals surface area contributed by atoms with E-state index in [1.807, 2.05) is 30.3 Å². The third kappa shape index (κ3) is 2.78.